The Labute approximate surface area is 93.6 Å². The summed E-state index contributed by atoms with van der Waals surface area (Å²) in [6, 6.07) is 8.80. The van der Waals surface area contributed by atoms with Crippen molar-refractivity contribution in [2.75, 3.05) is 13.2 Å². The molecule has 1 amide bonds. The van der Waals surface area contributed by atoms with Crippen molar-refractivity contribution in [3.63, 3.8) is 0 Å². The van der Waals surface area contributed by atoms with Gasteiger partial charge in [0.05, 0.1) is 13.2 Å². The average Bonchev–Trinajstić information content (AvgIpc) is 3.06. The molecule has 1 atom stereocenters. The molecule has 1 aliphatic rings. The van der Waals surface area contributed by atoms with E-state index in [0.717, 1.165) is 0 Å². The van der Waals surface area contributed by atoms with Crippen LogP contribution in [0.1, 0.15) is 17.3 Å². The SMILES string of the molecule is C[C@]1(C(=O)CNC(=O)c2ccccc2)CO1. The second kappa shape index (κ2) is 4.06. The zero-order valence-electron chi connectivity index (χ0n) is 9.03. The number of epoxide rings is 1. The fourth-order valence-electron chi connectivity index (χ4n) is 1.31. The van der Waals surface area contributed by atoms with Crippen LogP contribution >= 0.6 is 0 Å². The minimum Gasteiger partial charge on any atom is -0.362 e. The van der Waals surface area contributed by atoms with Gasteiger partial charge in [0.2, 0.25) is 0 Å². The van der Waals surface area contributed by atoms with E-state index in [1.54, 1.807) is 31.2 Å². The number of rotatable bonds is 4. The number of carbonyl (C=O) groups is 2. The molecule has 1 fully saturated rings. The van der Waals surface area contributed by atoms with Crippen molar-refractivity contribution < 1.29 is 14.3 Å². The highest BCUT2D eigenvalue weighted by Crippen LogP contribution is 2.26. The third-order valence-electron chi connectivity index (χ3n) is 2.61. The third-order valence-corrected chi connectivity index (χ3v) is 2.61. The first-order chi connectivity index (χ1) is 7.62. The van der Waals surface area contributed by atoms with Crippen molar-refractivity contribution in [3.8, 4) is 0 Å². The van der Waals surface area contributed by atoms with Gasteiger partial charge < -0.3 is 10.1 Å². The Morgan fingerprint density at radius 1 is 1.38 bits per heavy atom. The van der Waals surface area contributed by atoms with Crippen molar-refractivity contribution in [1.82, 2.24) is 5.32 Å². The highest BCUT2D eigenvalue weighted by Gasteiger charge is 2.46. The van der Waals surface area contributed by atoms with E-state index in [1.807, 2.05) is 6.07 Å². The van der Waals surface area contributed by atoms with Gasteiger partial charge in [0.25, 0.3) is 5.91 Å². The van der Waals surface area contributed by atoms with Crippen LogP contribution in [0.2, 0.25) is 0 Å². The molecular formula is C12H13NO3. The predicted molar refractivity (Wildman–Crippen MR) is 58.1 cm³/mol. The number of hydrogen-bond acceptors (Lipinski definition) is 3. The Hall–Kier alpha value is -1.68. The van der Waals surface area contributed by atoms with Gasteiger partial charge >= 0.3 is 0 Å². The Bertz CT molecular complexity index is 410. The quantitative estimate of drug-likeness (QED) is 0.761. The summed E-state index contributed by atoms with van der Waals surface area (Å²) in [5, 5.41) is 2.58. The van der Waals surface area contributed by atoms with Crippen LogP contribution in [0.3, 0.4) is 0 Å². The minimum absolute atomic E-state index is 0.0181. The van der Waals surface area contributed by atoms with Crippen LogP contribution in [-0.4, -0.2) is 30.4 Å². The Kier molecular flexibility index (Phi) is 2.75. The standard InChI is InChI=1S/C12H13NO3/c1-12(8-16-12)10(14)7-13-11(15)9-5-3-2-4-6-9/h2-6H,7-8H2,1H3,(H,13,15)/t12-/m1/s1. The summed E-state index contributed by atoms with van der Waals surface area (Å²) in [5.74, 6) is -0.324. The van der Waals surface area contributed by atoms with Crippen molar-refractivity contribution in [2.24, 2.45) is 0 Å². The molecular weight excluding hydrogens is 206 g/mol. The number of Topliss-reactive ketones (excluding diaryl/α,β-unsaturated/α-hetero) is 1. The summed E-state index contributed by atoms with van der Waals surface area (Å²) >= 11 is 0. The number of nitrogens with one attached hydrogen (secondary N) is 1. The lowest BCUT2D eigenvalue weighted by Gasteiger charge is -2.06. The maximum atomic E-state index is 11.6. The molecule has 0 aromatic heterocycles. The van der Waals surface area contributed by atoms with Crippen LogP contribution in [0.25, 0.3) is 0 Å². The lowest BCUT2D eigenvalue weighted by atomic mass is 10.1. The van der Waals surface area contributed by atoms with Crippen molar-refractivity contribution in [1.29, 1.82) is 0 Å². The number of benzene rings is 1. The van der Waals surface area contributed by atoms with Gasteiger partial charge in [-0.05, 0) is 19.1 Å². The van der Waals surface area contributed by atoms with Crippen LogP contribution < -0.4 is 5.32 Å². The van der Waals surface area contributed by atoms with Gasteiger partial charge in [0.1, 0.15) is 5.60 Å². The number of carbonyl (C=O) groups excluding carboxylic acids is 2. The third kappa shape index (κ3) is 2.28. The average molecular weight is 219 g/mol. The van der Waals surface area contributed by atoms with Crippen LogP contribution in [-0.2, 0) is 9.53 Å². The van der Waals surface area contributed by atoms with E-state index < -0.39 is 5.60 Å². The molecule has 4 nitrogen and oxygen atoms in total. The molecule has 0 aliphatic carbocycles. The molecule has 1 N–H and O–H groups in total. The van der Waals surface area contributed by atoms with E-state index in [4.69, 9.17) is 4.74 Å². The summed E-state index contributed by atoms with van der Waals surface area (Å²) in [5.41, 5.74) is -0.110. The number of hydrogen-bond donors (Lipinski definition) is 1. The summed E-state index contributed by atoms with van der Waals surface area (Å²) in [6.45, 7) is 2.20. The molecule has 4 heteroatoms. The van der Waals surface area contributed by atoms with Gasteiger partial charge in [-0.3, -0.25) is 9.59 Å². The van der Waals surface area contributed by atoms with Gasteiger partial charge in [-0.2, -0.15) is 0 Å². The molecule has 0 bridgehead atoms. The molecule has 0 saturated carbocycles. The minimum atomic E-state index is -0.663. The molecule has 2 rings (SSSR count). The van der Waals surface area contributed by atoms with Crippen LogP contribution in [0.15, 0.2) is 30.3 Å². The molecule has 1 heterocycles. The fourth-order valence-corrected chi connectivity index (χ4v) is 1.31. The van der Waals surface area contributed by atoms with Gasteiger partial charge in [0, 0.05) is 5.56 Å². The second-order valence-corrected chi connectivity index (χ2v) is 3.99. The first-order valence-electron chi connectivity index (χ1n) is 5.12. The molecule has 16 heavy (non-hydrogen) atoms. The predicted octanol–water partition coefficient (Wildman–Crippen LogP) is 0.774. The van der Waals surface area contributed by atoms with Gasteiger partial charge in [0.15, 0.2) is 5.78 Å². The highest BCUT2D eigenvalue weighted by molar-refractivity contribution is 5.98. The van der Waals surface area contributed by atoms with Gasteiger partial charge in [-0.25, -0.2) is 0 Å². The highest BCUT2D eigenvalue weighted by atomic mass is 16.6. The van der Waals surface area contributed by atoms with Crippen molar-refractivity contribution >= 4 is 11.7 Å². The topological polar surface area (TPSA) is 58.7 Å². The lowest BCUT2D eigenvalue weighted by Crippen LogP contribution is -2.35. The maximum Gasteiger partial charge on any atom is 0.251 e. The molecule has 1 saturated heterocycles. The molecule has 1 aromatic rings. The van der Waals surface area contributed by atoms with E-state index >= 15 is 0 Å². The van der Waals surface area contributed by atoms with Crippen LogP contribution in [0.4, 0.5) is 0 Å². The van der Waals surface area contributed by atoms with E-state index in [-0.39, 0.29) is 18.2 Å². The molecule has 1 aliphatic heterocycles. The van der Waals surface area contributed by atoms with Crippen molar-refractivity contribution in [3.05, 3.63) is 35.9 Å². The van der Waals surface area contributed by atoms with Gasteiger partial charge in [-0.1, -0.05) is 18.2 Å². The van der Waals surface area contributed by atoms with E-state index in [1.165, 1.54) is 0 Å². The zero-order valence-corrected chi connectivity index (χ0v) is 9.03. The summed E-state index contributed by atoms with van der Waals surface area (Å²) < 4.78 is 4.99. The first kappa shape index (κ1) is 10.8. The number of ether oxygens (including phenoxy) is 1. The van der Waals surface area contributed by atoms with E-state index in [0.29, 0.717) is 12.2 Å². The second-order valence-electron chi connectivity index (χ2n) is 3.99. The number of ketones is 1. The van der Waals surface area contributed by atoms with E-state index in [2.05, 4.69) is 5.32 Å². The molecule has 0 unspecified atom stereocenters. The summed E-state index contributed by atoms with van der Waals surface area (Å²) in [6.07, 6.45) is 0. The van der Waals surface area contributed by atoms with Crippen LogP contribution in [0, 0.1) is 0 Å². The summed E-state index contributed by atoms with van der Waals surface area (Å²) in [4.78, 5) is 23.1. The zero-order chi connectivity index (χ0) is 11.6. The molecule has 1 aromatic carbocycles. The Morgan fingerprint density at radius 2 is 2.00 bits per heavy atom. The lowest BCUT2D eigenvalue weighted by molar-refractivity contribution is -0.122. The maximum absolute atomic E-state index is 11.6. The molecule has 0 spiro atoms. The monoisotopic (exact) mass is 219 g/mol. The number of amides is 1. The van der Waals surface area contributed by atoms with Crippen LogP contribution in [0.5, 0.6) is 0 Å². The summed E-state index contributed by atoms with van der Waals surface area (Å²) in [7, 11) is 0. The van der Waals surface area contributed by atoms with Gasteiger partial charge in [-0.15, -0.1) is 0 Å². The smallest absolute Gasteiger partial charge is 0.251 e. The fraction of sp³-hybridized carbons (Fsp3) is 0.333. The largest absolute Gasteiger partial charge is 0.362 e. The molecule has 0 radical (unpaired) electrons. The first-order valence-corrected chi connectivity index (χ1v) is 5.12. The van der Waals surface area contributed by atoms with E-state index in [9.17, 15) is 9.59 Å². The Balaban J connectivity index is 1.87. The molecule has 84 valence electrons. The van der Waals surface area contributed by atoms with Crippen molar-refractivity contribution in [2.45, 2.75) is 12.5 Å². The Morgan fingerprint density at radius 3 is 2.56 bits per heavy atom. The normalized spacial score (nSPS) is 22.6.